The van der Waals surface area contributed by atoms with Crippen LogP contribution < -0.4 is 19.5 Å². The number of likely N-dealkylation sites (N-methyl/N-ethyl adjacent to an activating group) is 1. The number of aliphatic hydroxyl groups is 1. The van der Waals surface area contributed by atoms with E-state index in [1.165, 1.54) is 5.56 Å². The van der Waals surface area contributed by atoms with Crippen molar-refractivity contribution in [1.82, 2.24) is 10.2 Å². The second-order valence-electron chi connectivity index (χ2n) is 7.97. The molecule has 0 aliphatic rings. The van der Waals surface area contributed by atoms with E-state index in [9.17, 15) is 5.11 Å². The number of nitrogens with zero attached hydrogens (tertiary/aromatic N) is 1. The molecule has 0 saturated heterocycles. The zero-order valence-corrected chi connectivity index (χ0v) is 19.4. The molecule has 0 heterocycles. The van der Waals surface area contributed by atoms with Gasteiger partial charge in [0.2, 0.25) is 0 Å². The number of aliphatic hydroxyl groups excluding tert-OH is 1. The van der Waals surface area contributed by atoms with Crippen molar-refractivity contribution in [2.24, 2.45) is 0 Å². The molecule has 176 valence electrons. The van der Waals surface area contributed by atoms with E-state index in [4.69, 9.17) is 14.2 Å². The first-order valence-electron chi connectivity index (χ1n) is 11.2. The molecule has 33 heavy (non-hydrogen) atoms. The van der Waals surface area contributed by atoms with Crippen molar-refractivity contribution in [3.8, 4) is 17.2 Å². The Labute approximate surface area is 196 Å². The van der Waals surface area contributed by atoms with Crippen molar-refractivity contribution < 1.29 is 19.3 Å². The Morgan fingerprint density at radius 1 is 0.879 bits per heavy atom. The molecule has 0 spiro atoms. The summed E-state index contributed by atoms with van der Waals surface area (Å²) >= 11 is 0. The molecule has 0 aliphatic carbocycles. The van der Waals surface area contributed by atoms with E-state index in [1.54, 1.807) is 7.11 Å². The fourth-order valence-corrected chi connectivity index (χ4v) is 3.49. The van der Waals surface area contributed by atoms with Gasteiger partial charge in [-0.05, 0) is 42.4 Å². The maximum Gasteiger partial charge on any atom is 0.161 e. The van der Waals surface area contributed by atoms with Crippen LogP contribution in [0.15, 0.2) is 78.9 Å². The minimum absolute atomic E-state index is 0.192. The topological polar surface area (TPSA) is 63.2 Å². The van der Waals surface area contributed by atoms with Gasteiger partial charge in [-0.3, -0.25) is 4.90 Å². The SMILES string of the molecule is COc1ccc(CNCCOc2ccccc2)cc1OC[C@H](O)CN(C)Cc1ccccc1. The predicted octanol–water partition coefficient (Wildman–Crippen LogP) is 3.74. The summed E-state index contributed by atoms with van der Waals surface area (Å²) in [6.45, 7) is 3.48. The normalized spacial score (nSPS) is 11.9. The quantitative estimate of drug-likeness (QED) is 0.365. The van der Waals surface area contributed by atoms with E-state index in [0.717, 1.165) is 24.4 Å². The molecule has 3 aromatic rings. The van der Waals surface area contributed by atoms with Gasteiger partial charge in [0.15, 0.2) is 11.5 Å². The van der Waals surface area contributed by atoms with Gasteiger partial charge in [0.1, 0.15) is 25.1 Å². The highest BCUT2D eigenvalue weighted by molar-refractivity contribution is 5.43. The highest BCUT2D eigenvalue weighted by Crippen LogP contribution is 2.28. The minimum atomic E-state index is -0.611. The Hall–Kier alpha value is -3.06. The van der Waals surface area contributed by atoms with Crippen LogP contribution in [0.25, 0.3) is 0 Å². The summed E-state index contributed by atoms with van der Waals surface area (Å²) in [7, 11) is 3.61. The fraction of sp³-hybridized carbons (Fsp3) is 0.333. The third kappa shape index (κ3) is 8.77. The maximum atomic E-state index is 10.5. The summed E-state index contributed by atoms with van der Waals surface area (Å²) in [6, 6.07) is 25.8. The standard InChI is InChI=1S/C27H34N2O4/c1-29(19-22-9-5-3-6-10-22)20-24(30)21-33-27-17-23(13-14-26(27)31-2)18-28-15-16-32-25-11-7-4-8-12-25/h3-14,17,24,28,30H,15-16,18-21H2,1-2H3/t24-/m1/s1. The Morgan fingerprint density at radius 2 is 1.61 bits per heavy atom. The summed E-state index contributed by atoms with van der Waals surface area (Å²) in [5, 5.41) is 13.8. The number of nitrogens with one attached hydrogen (secondary N) is 1. The number of para-hydroxylation sites is 1. The van der Waals surface area contributed by atoms with Crippen LogP contribution in [-0.4, -0.2) is 56.6 Å². The van der Waals surface area contributed by atoms with Crippen molar-refractivity contribution in [1.29, 1.82) is 0 Å². The molecule has 6 heteroatoms. The lowest BCUT2D eigenvalue weighted by Crippen LogP contribution is -2.32. The van der Waals surface area contributed by atoms with E-state index in [-0.39, 0.29) is 6.61 Å². The van der Waals surface area contributed by atoms with Crippen molar-refractivity contribution in [3.05, 3.63) is 90.0 Å². The van der Waals surface area contributed by atoms with E-state index < -0.39 is 6.10 Å². The number of hydrogen-bond acceptors (Lipinski definition) is 6. The predicted molar refractivity (Wildman–Crippen MR) is 131 cm³/mol. The van der Waals surface area contributed by atoms with E-state index in [0.29, 0.717) is 31.2 Å². The van der Waals surface area contributed by atoms with Crippen LogP contribution in [0.4, 0.5) is 0 Å². The average molecular weight is 451 g/mol. The number of rotatable bonds is 14. The lowest BCUT2D eigenvalue weighted by atomic mass is 10.2. The first kappa shape index (κ1) is 24.6. The van der Waals surface area contributed by atoms with Gasteiger partial charge in [-0.2, -0.15) is 0 Å². The lowest BCUT2D eigenvalue weighted by Gasteiger charge is -2.21. The zero-order chi connectivity index (χ0) is 23.3. The third-order valence-electron chi connectivity index (χ3n) is 5.10. The lowest BCUT2D eigenvalue weighted by molar-refractivity contribution is 0.0732. The van der Waals surface area contributed by atoms with Gasteiger partial charge in [0.25, 0.3) is 0 Å². The van der Waals surface area contributed by atoms with Crippen LogP contribution in [0.2, 0.25) is 0 Å². The highest BCUT2D eigenvalue weighted by Gasteiger charge is 2.12. The number of benzene rings is 3. The molecule has 0 amide bonds. The molecule has 0 aromatic heterocycles. The smallest absolute Gasteiger partial charge is 0.161 e. The molecular formula is C27H34N2O4. The first-order chi connectivity index (χ1) is 16.1. The van der Waals surface area contributed by atoms with Gasteiger partial charge in [0.05, 0.1) is 7.11 Å². The van der Waals surface area contributed by atoms with Gasteiger partial charge < -0.3 is 24.6 Å². The van der Waals surface area contributed by atoms with Crippen molar-refractivity contribution >= 4 is 0 Å². The molecule has 3 rings (SSSR count). The number of hydrogen-bond donors (Lipinski definition) is 2. The molecule has 0 bridgehead atoms. The van der Waals surface area contributed by atoms with Crippen LogP contribution >= 0.6 is 0 Å². The van der Waals surface area contributed by atoms with Gasteiger partial charge >= 0.3 is 0 Å². The zero-order valence-electron chi connectivity index (χ0n) is 19.4. The van der Waals surface area contributed by atoms with Crippen LogP contribution in [-0.2, 0) is 13.1 Å². The average Bonchev–Trinajstić information content (AvgIpc) is 2.84. The Morgan fingerprint density at radius 3 is 2.33 bits per heavy atom. The second kappa shape index (κ2) is 13.5. The molecule has 2 N–H and O–H groups in total. The van der Waals surface area contributed by atoms with Crippen molar-refractivity contribution in [3.63, 3.8) is 0 Å². The van der Waals surface area contributed by atoms with Crippen molar-refractivity contribution in [2.45, 2.75) is 19.2 Å². The van der Waals surface area contributed by atoms with Crippen LogP contribution in [0, 0.1) is 0 Å². The number of methoxy groups -OCH3 is 1. The minimum Gasteiger partial charge on any atom is -0.493 e. The summed E-state index contributed by atoms with van der Waals surface area (Å²) in [6.07, 6.45) is -0.611. The monoisotopic (exact) mass is 450 g/mol. The Bertz CT molecular complexity index is 937. The van der Waals surface area contributed by atoms with Crippen LogP contribution in [0.5, 0.6) is 17.2 Å². The summed E-state index contributed by atoms with van der Waals surface area (Å²) in [4.78, 5) is 2.08. The summed E-state index contributed by atoms with van der Waals surface area (Å²) in [5.41, 5.74) is 2.28. The van der Waals surface area contributed by atoms with E-state index in [1.807, 2.05) is 73.8 Å². The molecule has 1 atom stereocenters. The summed E-state index contributed by atoms with van der Waals surface area (Å²) < 4.78 is 17.0. The first-order valence-corrected chi connectivity index (χ1v) is 11.2. The molecule has 0 saturated carbocycles. The third-order valence-corrected chi connectivity index (χ3v) is 5.10. The number of ether oxygens (including phenoxy) is 3. The highest BCUT2D eigenvalue weighted by atomic mass is 16.5. The molecule has 6 nitrogen and oxygen atoms in total. The molecule has 0 unspecified atom stereocenters. The molecule has 0 aliphatic heterocycles. The molecular weight excluding hydrogens is 416 g/mol. The summed E-state index contributed by atoms with van der Waals surface area (Å²) in [5.74, 6) is 2.14. The largest absolute Gasteiger partial charge is 0.493 e. The van der Waals surface area contributed by atoms with E-state index in [2.05, 4.69) is 22.3 Å². The molecule has 0 radical (unpaired) electrons. The van der Waals surface area contributed by atoms with E-state index >= 15 is 0 Å². The fourth-order valence-electron chi connectivity index (χ4n) is 3.49. The van der Waals surface area contributed by atoms with Gasteiger partial charge in [0, 0.05) is 26.2 Å². The maximum absolute atomic E-state index is 10.5. The van der Waals surface area contributed by atoms with Gasteiger partial charge in [-0.1, -0.05) is 54.6 Å². The molecule has 0 fully saturated rings. The molecule has 3 aromatic carbocycles. The second-order valence-corrected chi connectivity index (χ2v) is 7.97. The Kier molecular flexibility index (Phi) is 10.0. The Balaban J connectivity index is 1.42. The van der Waals surface area contributed by atoms with Crippen molar-refractivity contribution in [2.75, 3.05) is 40.5 Å². The van der Waals surface area contributed by atoms with Crippen LogP contribution in [0.3, 0.4) is 0 Å². The van der Waals surface area contributed by atoms with Gasteiger partial charge in [-0.15, -0.1) is 0 Å². The van der Waals surface area contributed by atoms with Gasteiger partial charge in [-0.25, -0.2) is 0 Å². The van der Waals surface area contributed by atoms with Crippen LogP contribution in [0.1, 0.15) is 11.1 Å².